The maximum atomic E-state index is 2.49. The van der Waals surface area contributed by atoms with E-state index >= 15 is 0 Å². The van der Waals surface area contributed by atoms with Crippen molar-refractivity contribution in [3.8, 4) is 0 Å². The summed E-state index contributed by atoms with van der Waals surface area (Å²) in [5, 5.41) is 2.95. The lowest BCUT2D eigenvalue weighted by molar-refractivity contribution is 0.298. The largest absolute Gasteiger partial charge is 0.0758 e. The molecule has 2 aliphatic rings. The van der Waals surface area contributed by atoms with Crippen LogP contribution >= 0.6 is 0 Å². The normalized spacial score (nSPS) is 19.5. The third-order valence-electron chi connectivity index (χ3n) is 5.91. The molecule has 0 heterocycles. The molecule has 0 radical (unpaired) electrons. The predicted octanol–water partition coefficient (Wildman–Crippen LogP) is 6.17. The zero-order valence-electron chi connectivity index (χ0n) is 14.0. The summed E-state index contributed by atoms with van der Waals surface area (Å²) < 4.78 is 0. The lowest BCUT2D eigenvalue weighted by Gasteiger charge is -2.38. The van der Waals surface area contributed by atoms with Gasteiger partial charge in [0, 0.05) is 5.92 Å². The number of aryl methyl sites for hydroxylation is 1. The molecule has 4 rings (SSSR count). The molecule has 0 bridgehead atoms. The molecule has 0 nitrogen and oxygen atoms in total. The maximum absolute atomic E-state index is 2.49. The Morgan fingerprint density at radius 1 is 1.14 bits per heavy atom. The van der Waals surface area contributed by atoms with Gasteiger partial charge in [0.05, 0.1) is 0 Å². The Labute approximate surface area is 133 Å². The summed E-state index contributed by atoms with van der Waals surface area (Å²) >= 11 is 0. The van der Waals surface area contributed by atoms with Gasteiger partial charge in [-0.1, -0.05) is 69.7 Å². The summed E-state index contributed by atoms with van der Waals surface area (Å²) in [7, 11) is 0. The molecule has 0 N–H and O–H groups in total. The molecule has 0 aromatic heterocycles. The van der Waals surface area contributed by atoms with Crippen LogP contribution in [0.25, 0.3) is 22.4 Å². The molecule has 2 aliphatic carbocycles. The number of rotatable bonds is 2. The quantitative estimate of drug-likeness (QED) is 0.620. The standard InChI is InChI=1S/C22H24/c1-5-22(3,4)19-13-10-16-8-11-17-14(2)6-7-15-9-12-18(19)21(16)20(15)17/h6-8,10-13,19H,5,9H2,1-4H3. The first-order valence-corrected chi connectivity index (χ1v) is 8.47. The zero-order chi connectivity index (χ0) is 15.5. The Balaban J connectivity index is 2.04. The van der Waals surface area contributed by atoms with Gasteiger partial charge in [0.2, 0.25) is 0 Å². The van der Waals surface area contributed by atoms with E-state index in [0.29, 0.717) is 11.3 Å². The minimum Gasteiger partial charge on any atom is -0.0758 e. The molecule has 112 valence electrons. The molecule has 0 heteroatoms. The van der Waals surface area contributed by atoms with E-state index in [0.717, 1.165) is 6.42 Å². The van der Waals surface area contributed by atoms with E-state index in [1.165, 1.54) is 39.4 Å². The first-order chi connectivity index (χ1) is 10.5. The van der Waals surface area contributed by atoms with Crippen LogP contribution in [0, 0.1) is 18.3 Å². The maximum Gasteiger partial charge on any atom is 0.00757 e. The number of hydrogen-bond acceptors (Lipinski definition) is 0. The van der Waals surface area contributed by atoms with E-state index < -0.39 is 0 Å². The van der Waals surface area contributed by atoms with E-state index in [2.05, 4.69) is 70.2 Å². The van der Waals surface area contributed by atoms with Crippen LogP contribution in [0.15, 0.2) is 36.4 Å². The van der Waals surface area contributed by atoms with Gasteiger partial charge in [-0.3, -0.25) is 0 Å². The van der Waals surface area contributed by atoms with E-state index in [1.807, 2.05) is 0 Å². The lowest BCUT2D eigenvalue weighted by atomic mass is 9.66. The van der Waals surface area contributed by atoms with Crippen molar-refractivity contribution in [2.24, 2.45) is 11.3 Å². The summed E-state index contributed by atoms with van der Waals surface area (Å²) in [6, 6.07) is 9.21. The van der Waals surface area contributed by atoms with E-state index in [1.54, 1.807) is 5.57 Å². The first-order valence-electron chi connectivity index (χ1n) is 8.47. The average molecular weight is 288 g/mol. The van der Waals surface area contributed by atoms with Gasteiger partial charge in [0.1, 0.15) is 0 Å². The molecular formula is C22H24. The summed E-state index contributed by atoms with van der Waals surface area (Å²) in [5.74, 6) is 0.532. The highest BCUT2D eigenvalue weighted by molar-refractivity contribution is 6.04. The van der Waals surface area contributed by atoms with Gasteiger partial charge in [-0.25, -0.2) is 0 Å². The molecule has 2 aromatic carbocycles. The van der Waals surface area contributed by atoms with Crippen LogP contribution in [0.2, 0.25) is 0 Å². The van der Waals surface area contributed by atoms with Crippen molar-refractivity contribution in [3.63, 3.8) is 0 Å². The van der Waals surface area contributed by atoms with Crippen LogP contribution in [0.5, 0.6) is 0 Å². The van der Waals surface area contributed by atoms with Crippen molar-refractivity contribution >= 4 is 22.4 Å². The molecule has 0 spiro atoms. The molecule has 0 amide bonds. The first kappa shape index (κ1) is 13.8. The van der Waals surface area contributed by atoms with Crippen LogP contribution in [0.4, 0.5) is 0 Å². The lowest BCUT2D eigenvalue weighted by Crippen LogP contribution is -2.25. The Morgan fingerprint density at radius 2 is 1.95 bits per heavy atom. The minimum atomic E-state index is 0.309. The second-order valence-electron chi connectivity index (χ2n) is 7.54. The zero-order valence-corrected chi connectivity index (χ0v) is 14.0. The van der Waals surface area contributed by atoms with Crippen molar-refractivity contribution in [2.45, 2.75) is 40.5 Å². The highest BCUT2D eigenvalue weighted by Crippen LogP contribution is 2.49. The molecule has 0 fully saturated rings. The summed E-state index contributed by atoms with van der Waals surface area (Å²) in [5.41, 5.74) is 7.66. The van der Waals surface area contributed by atoms with Crippen LogP contribution in [0.3, 0.4) is 0 Å². The van der Waals surface area contributed by atoms with Crippen molar-refractivity contribution < 1.29 is 0 Å². The molecule has 1 unspecified atom stereocenters. The van der Waals surface area contributed by atoms with Crippen LogP contribution in [-0.4, -0.2) is 0 Å². The third kappa shape index (κ3) is 1.76. The van der Waals surface area contributed by atoms with Gasteiger partial charge >= 0.3 is 0 Å². The molecule has 1 atom stereocenters. The van der Waals surface area contributed by atoms with Crippen LogP contribution in [-0.2, 0) is 6.42 Å². The Hall–Kier alpha value is -1.82. The number of allylic oxidation sites excluding steroid dienone is 3. The van der Waals surface area contributed by atoms with Crippen molar-refractivity contribution in [1.29, 1.82) is 0 Å². The van der Waals surface area contributed by atoms with Gasteiger partial charge in [0.15, 0.2) is 0 Å². The smallest absolute Gasteiger partial charge is 0.00757 e. The van der Waals surface area contributed by atoms with E-state index in [9.17, 15) is 0 Å². The Kier molecular flexibility index (Phi) is 2.88. The topological polar surface area (TPSA) is 0 Å². The average Bonchev–Trinajstić information content (AvgIpc) is 2.54. The summed E-state index contributed by atoms with van der Waals surface area (Å²) in [6.45, 7) is 9.35. The molecule has 22 heavy (non-hydrogen) atoms. The van der Waals surface area contributed by atoms with Crippen molar-refractivity contribution in [1.82, 2.24) is 0 Å². The number of benzene rings is 2. The molecule has 0 aliphatic heterocycles. The Bertz CT molecular complexity index is 831. The minimum absolute atomic E-state index is 0.309. The van der Waals surface area contributed by atoms with E-state index in [-0.39, 0.29) is 0 Å². The molecule has 2 aromatic rings. The summed E-state index contributed by atoms with van der Waals surface area (Å²) in [6.07, 6.45) is 9.55. The molecule has 0 saturated carbocycles. The van der Waals surface area contributed by atoms with Gasteiger partial charge < -0.3 is 0 Å². The Morgan fingerprint density at radius 3 is 2.73 bits per heavy atom. The monoisotopic (exact) mass is 288 g/mol. The molecule has 0 saturated heterocycles. The van der Waals surface area contributed by atoms with Crippen LogP contribution < -0.4 is 0 Å². The van der Waals surface area contributed by atoms with E-state index in [4.69, 9.17) is 0 Å². The van der Waals surface area contributed by atoms with Gasteiger partial charge in [-0.15, -0.1) is 0 Å². The molecular weight excluding hydrogens is 264 g/mol. The van der Waals surface area contributed by atoms with Gasteiger partial charge in [-0.2, -0.15) is 0 Å². The fourth-order valence-electron chi connectivity index (χ4n) is 4.11. The predicted molar refractivity (Wildman–Crippen MR) is 97.0 cm³/mol. The highest BCUT2D eigenvalue weighted by Gasteiger charge is 2.34. The summed E-state index contributed by atoms with van der Waals surface area (Å²) in [4.78, 5) is 0. The van der Waals surface area contributed by atoms with Crippen molar-refractivity contribution in [2.75, 3.05) is 0 Å². The highest BCUT2D eigenvalue weighted by atomic mass is 14.4. The fraction of sp³-hybridized carbons (Fsp3) is 0.364. The van der Waals surface area contributed by atoms with Gasteiger partial charge in [-0.05, 0) is 57.4 Å². The van der Waals surface area contributed by atoms with Crippen LogP contribution in [0.1, 0.15) is 49.4 Å². The second kappa shape index (κ2) is 4.59. The van der Waals surface area contributed by atoms with Gasteiger partial charge in [0.25, 0.3) is 0 Å². The SMILES string of the molecule is CCC(C)(C)C1C=Cc2ccc3c(C)ccc4c3c2C1=CC4. The third-order valence-corrected chi connectivity index (χ3v) is 5.91. The fourth-order valence-corrected chi connectivity index (χ4v) is 4.11. The van der Waals surface area contributed by atoms with Crippen molar-refractivity contribution in [3.05, 3.63) is 58.7 Å². The second-order valence-corrected chi connectivity index (χ2v) is 7.54. The number of hydrogen-bond donors (Lipinski definition) is 0.